The molecule has 0 amide bonds. The van der Waals surface area contributed by atoms with Crippen LogP contribution in [-0.2, 0) is 28.6 Å². The van der Waals surface area contributed by atoms with Gasteiger partial charge in [0.25, 0.3) is 0 Å². The standard InChI is InChI=1S/C55H92O6/c1-4-7-10-13-16-19-21-23-25-27-29-31-33-36-39-42-45-48-54(57)60-51-52(50-59-53(56)47-44-41-38-35-18-15-12-9-6-3)61-55(58)49-46-43-40-37-34-32-30-28-26-24-22-20-17-14-11-8-5-2/h9,12,16-20,23-26,35,41,44,52H,4-8,10-11,13-15,21-22,27-34,36-40,42-43,45-51H2,1-3H3/b12-9-,19-16-,20-17-,25-23-,26-24-,35-18-,44-41-. The van der Waals surface area contributed by atoms with Gasteiger partial charge in [0.1, 0.15) is 13.2 Å². The molecule has 0 heterocycles. The van der Waals surface area contributed by atoms with Gasteiger partial charge >= 0.3 is 17.9 Å². The number of carbonyl (C=O) groups excluding carboxylic acids is 3. The van der Waals surface area contributed by atoms with Crippen molar-refractivity contribution in [3.8, 4) is 0 Å². The number of hydrogen-bond donors (Lipinski definition) is 0. The molecule has 0 radical (unpaired) electrons. The Kier molecular flexibility index (Phi) is 46.5. The molecule has 0 N–H and O–H groups in total. The lowest BCUT2D eigenvalue weighted by atomic mass is 10.1. The van der Waals surface area contributed by atoms with E-state index < -0.39 is 12.1 Å². The monoisotopic (exact) mass is 849 g/mol. The number of ether oxygens (including phenoxy) is 3. The van der Waals surface area contributed by atoms with Crippen LogP contribution in [0.15, 0.2) is 85.1 Å². The van der Waals surface area contributed by atoms with Crippen LogP contribution in [0.1, 0.15) is 226 Å². The first-order valence-electron chi connectivity index (χ1n) is 25.1. The molecule has 0 fully saturated rings. The first-order valence-corrected chi connectivity index (χ1v) is 25.1. The first kappa shape index (κ1) is 57.6. The van der Waals surface area contributed by atoms with Crippen molar-refractivity contribution < 1.29 is 28.6 Å². The molecule has 0 aromatic heterocycles. The number of allylic oxidation sites excluding steroid dienone is 13. The van der Waals surface area contributed by atoms with Crippen LogP contribution < -0.4 is 0 Å². The average molecular weight is 849 g/mol. The van der Waals surface area contributed by atoms with Crippen LogP contribution in [0.5, 0.6) is 0 Å². The zero-order valence-corrected chi connectivity index (χ0v) is 39.7. The average Bonchev–Trinajstić information content (AvgIpc) is 3.26. The van der Waals surface area contributed by atoms with Gasteiger partial charge in [0, 0.05) is 12.8 Å². The molecule has 1 atom stereocenters. The molecule has 0 aliphatic heterocycles. The molecule has 0 bridgehead atoms. The molecule has 0 spiro atoms. The minimum atomic E-state index is -0.818. The summed E-state index contributed by atoms with van der Waals surface area (Å²) in [4.78, 5) is 37.8. The molecule has 0 aliphatic carbocycles. The highest BCUT2D eigenvalue weighted by atomic mass is 16.6. The van der Waals surface area contributed by atoms with Crippen molar-refractivity contribution in [3.63, 3.8) is 0 Å². The van der Waals surface area contributed by atoms with Gasteiger partial charge in [-0.25, -0.2) is 0 Å². The third-order valence-corrected chi connectivity index (χ3v) is 10.4. The Balaban J connectivity index is 4.41. The van der Waals surface area contributed by atoms with E-state index in [-0.39, 0.29) is 31.6 Å². The van der Waals surface area contributed by atoms with Gasteiger partial charge in [0.05, 0.1) is 6.42 Å². The Morgan fingerprint density at radius 2 is 0.705 bits per heavy atom. The normalized spacial score (nSPS) is 12.8. The first-order chi connectivity index (χ1) is 30.0. The van der Waals surface area contributed by atoms with Crippen LogP contribution in [0.25, 0.3) is 0 Å². The van der Waals surface area contributed by atoms with Crippen molar-refractivity contribution in [3.05, 3.63) is 85.1 Å². The van der Waals surface area contributed by atoms with E-state index in [0.717, 1.165) is 83.5 Å². The maximum atomic E-state index is 12.8. The summed E-state index contributed by atoms with van der Waals surface area (Å²) < 4.78 is 16.6. The smallest absolute Gasteiger partial charge is 0.309 e. The van der Waals surface area contributed by atoms with Crippen LogP contribution in [0, 0.1) is 0 Å². The third kappa shape index (κ3) is 47.5. The van der Waals surface area contributed by atoms with Crippen LogP contribution >= 0.6 is 0 Å². The summed E-state index contributed by atoms with van der Waals surface area (Å²) in [5.41, 5.74) is 0. The second-order valence-electron chi connectivity index (χ2n) is 16.4. The Hall–Kier alpha value is -3.41. The number of hydrogen-bond acceptors (Lipinski definition) is 6. The van der Waals surface area contributed by atoms with Crippen LogP contribution in [0.4, 0.5) is 0 Å². The van der Waals surface area contributed by atoms with Gasteiger partial charge in [-0.3, -0.25) is 14.4 Å². The number of rotatable bonds is 44. The lowest BCUT2D eigenvalue weighted by Gasteiger charge is -2.18. The molecule has 6 nitrogen and oxygen atoms in total. The van der Waals surface area contributed by atoms with Gasteiger partial charge in [0.2, 0.25) is 0 Å². The van der Waals surface area contributed by atoms with Crippen LogP contribution in [0.3, 0.4) is 0 Å². The molecule has 0 rings (SSSR count). The Morgan fingerprint density at radius 1 is 0.361 bits per heavy atom. The zero-order chi connectivity index (χ0) is 44.4. The highest BCUT2D eigenvalue weighted by molar-refractivity contribution is 5.72. The summed E-state index contributed by atoms with van der Waals surface area (Å²) >= 11 is 0. The lowest BCUT2D eigenvalue weighted by molar-refractivity contribution is -0.166. The second-order valence-corrected chi connectivity index (χ2v) is 16.4. The molecule has 348 valence electrons. The van der Waals surface area contributed by atoms with E-state index in [2.05, 4.69) is 93.7 Å². The zero-order valence-electron chi connectivity index (χ0n) is 39.7. The molecule has 61 heavy (non-hydrogen) atoms. The topological polar surface area (TPSA) is 78.9 Å². The maximum Gasteiger partial charge on any atom is 0.309 e. The largest absolute Gasteiger partial charge is 0.462 e. The minimum absolute atomic E-state index is 0.112. The summed E-state index contributed by atoms with van der Waals surface area (Å²) in [5, 5.41) is 0. The van der Waals surface area contributed by atoms with E-state index in [1.54, 1.807) is 6.08 Å². The molecule has 0 saturated heterocycles. The van der Waals surface area contributed by atoms with E-state index >= 15 is 0 Å². The predicted molar refractivity (Wildman–Crippen MR) is 261 cm³/mol. The quantitative estimate of drug-likeness (QED) is 0.0263. The van der Waals surface area contributed by atoms with Gasteiger partial charge in [0.15, 0.2) is 6.10 Å². The van der Waals surface area contributed by atoms with Crippen molar-refractivity contribution in [2.45, 2.75) is 232 Å². The van der Waals surface area contributed by atoms with Crippen molar-refractivity contribution in [1.82, 2.24) is 0 Å². The highest BCUT2D eigenvalue weighted by Gasteiger charge is 2.19. The Bertz CT molecular complexity index is 1200. The molecular formula is C55H92O6. The SMILES string of the molecule is CC/C=C\C/C=C\C/C=C\CC(=O)OCC(COC(=O)CCCCCCCCC/C=C\C/C=C\CCCCC)OC(=O)CCCCCCCCC/C=C\C/C=C\CCCCC. The van der Waals surface area contributed by atoms with Gasteiger partial charge < -0.3 is 14.2 Å². The van der Waals surface area contributed by atoms with Crippen molar-refractivity contribution in [2.75, 3.05) is 13.2 Å². The molecular weight excluding hydrogens is 757 g/mol. The van der Waals surface area contributed by atoms with E-state index in [4.69, 9.17) is 14.2 Å². The van der Waals surface area contributed by atoms with Crippen LogP contribution in [0.2, 0.25) is 0 Å². The maximum absolute atomic E-state index is 12.8. The van der Waals surface area contributed by atoms with Crippen molar-refractivity contribution in [1.29, 1.82) is 0 Å². The van der Waals surface area contributed by atoms with E-state index in [1.807, 2.05) is 6.08 Å². The Morgan fingerprint density at radius 3 is 1.15 bits per heavy atom. The lowest BCUT2D eigenvalue weighted by Crippen LogP contribution is -2.30. The summed E-state index contributed by atoms with van der Waals surface area (Å²) in [6, 6.07) is 0. The van der Waals surface area contributed by atoms with Crippen LogP contribution in [-0.4, -0.2) is 37.2 Å². The summed E-state index contributed by atoms with van der Waals surface area (Å²) in [7, 11) is 0. The van der Waals surface area contributed by atoms with Crippen molar-refractivity contribution >= 4 is 17.9 Å². The predicted octanol–water partition coefficient (Wildman–Crippen LogP) is 16.4. The molecule has 0 saturated carbocycles. The number of esters is 3. The number of carbonyl (C=O) groups is 3. The highest BCUT2D eigenvalue weighted by Crippen LogP contribution is 2.13. The molecule has 1 unspecified atom stereocenters. The molecule has 6 heteroatoms. The minimum Gasteiger partial charge on any atom is -0.462 e. The fourth-order valence-electron chi connectivity index (χ4n) is 6.62. The summed E-state index contributed by atoms with van der Waals surface area (Å²) in [6.45, 7) is 6.35. The van der Waals surface area contributed by atoms with E-state index in [0.29, 0.717) is 12.8 Å². The fourth-order valence-corrected chi connectivity index (χ4v) is 6.62. The summed E-state index contributed by atoms with van der Waals surface area (Å²) in [6.07, 6.45) is 63.1. The van der Waals surface area contributed by atoms with Crippen molar-refractivity contribution in [2.24, 2.45) is 0 Å². The molecule has 0 aromatic carbocycles. The van der Waals surface area contributed by atoms with Gasteiger partial charge in [-0.1, -0.05) is 196 Å². The summed E-state index contributed by atoms with van der Waals surface area (Å²) in [5.74, 6) is -1.06. The molecule has 0 aromatic rings. The van der Waals surface area contributed by atoms with E-state index in [9.17, 15) is 14.4 Å². The molecule has 0 aliphatic rings. The fraction of sp³-hybridized carbons (Fsp3) is 0.691. The second kappa shape index (κ2) is 49.2. The Labute approximate surface area is 375 Å². The number of unbranched alkanes of at least 4 members (excludes halogenated alkanes) is 20. The van der Waals surface area contributed by atoms with Gasteiger partial charge in [-0.05, 0) is 96.3 Å². The third-order valence-electron chi connectivity index (χ3n) is 10.4. The van der Waals surface area contributed by atoms with Gasteiger partial charge in [-0.2, -0.15) is 0 Å². The van der Waals surface area contributed by atoms with E-state index in [1.165, 1.54) is 103 Å². The van der Waals surface area contributed by atoms with Gasteiger partial charge in [-0.15, -0.1) is 0 Å².